The lowest BCUT2D eigenvalue weighted by Gasteiger charge is -2.16. The number of benzene rings is 1. The van der Waals surface area contributed by atoms with Crippen LogP contribution in [0.25, 0.3) is 0 Å². The average Bonchev–Trinajstić information content (AvgIpc) is 3.35. The fourth-order valence-corrected chi connectivity index (χ4v) is 3.53. The van der Waals surface area contributed by atoms with Crippen molar-refractivity contribution in [2.24, 2.45) is 5.73 Å². The Hall–Kier alpha value is -2.96. The van der Waals surface area contributed by atoms with Gasteiger partial charge in [-0.15, -0.1) is 0 Å². The monoisotopic (exact) mass is 520 g/mol. The van der Waals surface area contributed by atoms with Crippen LogP contribution in [0.4, 0.5) is 27.9 Å². The SMILES string of the molecule is N[C@@H](CO)C(=O)NCCCNc1nc(Nc2cccc(NC(=O)N3CCCC3)c2)ncc1Br. The number of hydrogen-bond donors (Lipinski definition) is 6. The van der Waals surface area contributed by atoms with E-state index < -0.39 is 6.04 Å². The minimum Gasteiger partial charge on any atom is -0.394 e. The maximum atomic E-state index is 12.3. The molecule has 0 unspecified atom stereocenters. The van der Waals surface area contributed by atoms with E-state index in [1.807, 2.05) is 29.2 Å². The summed E-state index contributed by atoms with van der Waals surface area (Å²) in [6.45, 7) is 2.16. The molecule has 1 saturated heterocycles. The van der Waals surface area contributed by atoms with Crippen LogP contribution >= 0.6 is 15.9 Å². The van der Waals surface area contributed by atoms with Crippen molar-refractivity contribution in [1.29, 1.82) is 0 Å². The molecule has 178 valence electrons. The Morgan fingerprint density at radius 1 is 1.21 bits per heavy atom. The first kappa shape index (κ1) is 24.7. The van der Waals surface area contributed by atoms with Crippen LogP contribution in [-0.4, -0.2) is 70.7 Å². The second-order valence-corrected chi connectivity index (χ2v) is 8.44. The van der Waals surface area contributed by atoms with Crippen LogP contribution in [0.5, 0.6) is 0 Å². The molecule has 0 bridgehead atoms. The van der Waals surface area contributed by atoms with Gasteiger partial charge in [0.25, 0.3) is 0 Å². The van der Waals surface area contributed by atoms with Gasteiger partial charge >= 0.3 is 6.03 Å². The van der Waals surface area contributed by atoms with Gasteiger partial charge in [-0.3, -0.25) is 4.79 Å². The first-order valence-electron chi connectivity index (χ1n) is 10.8. The Labute approximate surface area is 200 Å². The van der Waals surface area contributed by atoms with E-state index in [2.05, 4.69) is 47.2 Å². The lowest BCUT2D eigenvalue weighted by molar-refractivity contribution is -0.123. The van der Waals surface area contributed by atoms with Gasteiger partial charge in [0, 0.05) is 43.8 Å². The molecule has 1 atom stereocenters. The van der Waals surface area contributed by atoms with Crippen molar-refractivity contribution >= 4 is 51.0 Å². The van der Waals surface area contributed by atoms with Crippen molar-refractivity contribution in [3.05, 3.63) is 34.9 Å². The number of anilines is 4. The number of hydrogen-bond acceptors (Lipinski definition) is 8. The first-order chi connectivity index (χ1) is 16.0. The third-order valence-corrected chi connectivity index (χ3v) is 5.57. The van der Waals surface area contributed by atoms with Gasteiger partial charge in [0.15, 0.2) is 0 Å². The summed E-state index contributed by atoms with van der Waals surface area (Å²) in [4.78, 5) is 34.4. The number of halogens is 1. The number of aliphatic hydroxyl groups excluding tert-OH is 1. The molecule has 0 spiro atoms. The van der Waals surface area contributed by atoms with Gasteiger partial charge in [0.1, 0.15) is 11.9 Å². The van der Waals surface area contributed by atoms with Crippen molar-refractivity contribution in [3.63, 3.8) is 0 Å². The minimum atomic E-state index is -0.908. The first-order valence-corrected chi connectivity index (χ1v) is 11.6. The van der Waals surface area contributed by atoms with Crippen molar-refractivity contribution in [2.45, 2.75) is 25.3 Å². The molecule has 3 rings (SSSR count). The topological polar surface area (TPSA) is 158 Å². The molecule has 1 aromatic carbocycles. The number of amides is 3. The molecule has 2 aromatic rings. The second-order valence-electron chi connectivity index (χ2n) is 7.58. The van der Waals surface area contributed by atoms with Crippen molar-refractivity contribution in [1.82, 2.24) is 20.2 Å². The number of aromatic nitrogens is 2. The van der Waals surface area contributed by atoms with Gasteiger partial charge in [0.05, 0.1) is 11.1 Å². The Bertz CT molecular complexity index is 955. The van der Waals surface area contributed by atoms with Crippen LogP contribution in [-0.2, 0) is 4.79 Å². The minimum absolute atomic E-state index is 0.0921. The summed E-state index contributed by atoms with van der Waals surface area (Å²) in [6, 6.07) is 6.37. The summed E-state index contributed by atoms with van der Waals surface area (Å²) in [5.41, 5.74) is 6.88. The number of rotatable bonds is 10. The van der Waals surface area contributed by atoms with E-state index in [0.717, 1.165) is 31.6 Å². The molecular formula is C21H29BrN8O3. The molecule has 0 saturated carbocycles. The zero-order chi connectivity index (χ0) is 23.6. The summed E-state index contributed by atoms with van der Waals surface area (Å²) in [5.74, 6) is 0.612. The van der Waals surface area contributed by atoms with E-state index in [4.69, 9.17) is 10.8 Å². The number of aliphatic hydroxyl groups is 1. The predicted molar refractivity (Wildman–Crippen MR) is 130 cm³/mol. The summed E-state index contributed by atoms with van der Waals surface area (Å²) in [5, 5.41) is 20.8. The van der Waals surface area contributed by atoms with E-state index in [9.17, 15) is 9.59 Å². The molecule has 3 amide bonds. The number of likely N-dealkylation sites (tertiary alicyclic amines) is 1. The van der Waals surface area contributed by atoms with E-state index in [1.165, 1.54) is 0 Å². The number of urea groups is 1. The lowest BCUT2D eigenvalue weighted by Crippen LogP contribution is -2.43. The van der Waals surface area contributed by atoms with Gasteiger partial charge < -0.3 is 37.0 Å². The highest BCUT2D eigenvalue weighted by atomic mass is 79.9. The zero-order valence-corrected chi connectivity index (χ0v) is 19.8. The molecule has 1 aliphatic heterocycles. The molecule has 1 fully saturated rings. The van der Waals surface area contributed by atoms with Gasteiger partial charge in [-0.25, -0.2) is 9.78 Å². The molecule has 33 heavy (non-hydrogen) atoms. The summed E-state index contributed by atoms with van der Waals surface area (Å²) in [6.07, 6.45) is 4.36. The van der Waals surface area contributed by atoms with Crippen molar-refractivity contribution in [2.75, 3.05) is 48.7 Å². The quantitative estimate of drug-likeness (QED) is 0.259. The molecule has 12 heteroatoms. The average molecular weight is 521 g/mol. The lowest BCUT2D eigenvalue weighted by atomic mass is 10.3. The Morgan fingerprint density at radius 3 is 2.73 bits per heavy atom. The van der Waals surface area contributed by atoms with Crippen LogP contribution in [0.2, 0.25) is 0 Å². The Balaban J connectivity index is 1.52. The molecule has 0 aliphatic carbocycles. The fourth-order valence-electron chi connectivity index (χ4n) is 3.20. The van der Waals surface area contributed by atoms with Crippen LogP contribution < -0.4 is 27.0 Å². The molecule has 0 radical (unpaired) electrons. The highest BCUT2D eigenvalue weighted by Crippen LogP contribution is 2.23. The third kappa shape index (κ3) is 7.55. The van der Waals surface area contributed by atoms with Crippen LogP contribution in [0, 0.1) is 0 Å². The number of carbonyl (C=O) groups is 2. The molecule has 2 heterocycles. The number of nitrogens with one attached hydrogen (secondary N) is 4. The standard InChI is InChI=1S/C21H29BrN8O3/c22-16-12-26-20(29-18(16)24-7-4-8-25-19(32)17(23)13-31)27-14-5-3-6-15(11-14)28-21(33)30-9-1-2-10-30/h3,5-6,11-12,17,31H,1-2,4,7-10,13,23H2,(H,25,32)(H,28,33)(H2,24,26,27,29)/t17-/m0/s1. The normalized spacial score (nSPS) is 14.0. The maximum Gasteiger partial charge on any atom is 0.321 e. The van der Waals surface area contributed by atoms with Gasteiger partial charge in [-0.05, 0) is 53.4 Å². The smallest absolute Gasteiger partial charge is 0.321 e. The Kier molecular flexibility index (Phi) is 9.22. The van der Waals surface area contributed by atoms with E-state index in [1.54, 1.807) is 6.20 Å². The van der Waals surface area contributed by atoms with E-state index in [-0.39, 0.29) is 18.5 Å². The summed E-state index contributed by atoms with van der Waals surface area (Å²) >= 11 is 3.43. The van der Waals surface area contributed by atoms with Gasteiger partial charge in [-0.1, -0.05) is 6.07 Å². The van der Waals surface area contributed by atoms with Crippen LogP contribution in [0.3, 0.4) is 0 Å². The van der Waals surface area contributed by atoms with Gasteiger partial charge in [0.2, 0.25) is 11.9 Å². The molecule has 1 aliphatic rings. The third-order valence-electron chi connectivity index (χ3n) is 4.99. The number of carbonyl (C=O) groups excluding carboxylic acids is 2. The molecular weight excluding hydrogens is 492 g/mol. The van der Waals surface area contributed by atoms with Crippen molar-refractivity contribution < 1.29 is 14.7 Å². The highest BCUT2D eigenvalue weighted by molar-refractivity contribution is 9.10. The van der Waals surface area contributed by atoms with Gasteiger partial charge in [-0.2, -0.15) is 4.98 Å². The molecule has 11 nitrogen and oxygen atoms in total. The van der Waals surface area contributed by atoms with Crippen LogP contribution in [0.15, 0.2) is 34.9 Å². The Morgan fingerprint density at radius 2 is 1.97 bits per heavy atom. The largest absolute Gasteiger partial charge is 0.394 e. The van der Waals surface area contributed by atoms with Crippen LogP contribution in [0.1, 0.15) is 19.3 Å². The predicted octanol–water partition coefficient (Wildman–Crippen LogP) is 1.85. The second kappa shape index (κ2) is 12.3. The van der Waals surface area contributed by atoms with Crippen molar-refractivity contribution in [3.8, 4) is 0 Å². The number of nitrogens with two attached hydrogens (primary N) is 1. The molecule has 7 N–H and O–H groups in total. The molecule has 1 aromatic heterocycles. The maximum absolute atomic E-state index is 12.3. The summed E-state index contributed by atoms with van der Waals surface area (Å²) < 4.78 is 0.700. The summed E-state index contributed by atoms with van der Waals surface area (Å²) in [7, 11) is 0. The highest BCUT2D eigenvalue weighted by Gasteiger charge is 2.17. The van der Waals surface area contributed by atoms with E-state index in [0.29, 0.717) is 41.4 Å². The van der Waals surface area contributed by atoms with E-state index >= 15 is 0 Å². The number of nitrogens with zero attached hydrogens (tertiary/aromatic N) is 3. The fraction of sp³-hybridized carbons (Fsp3) is 0.429. The zero-order valence-electron chi connectivity index (χ0n) is 18.2.